The zero-order chi connectivity index (χ0) is 23.6. The predicted molar refractivity (Wildman–Crippen MR) is 126 cm³/mol. The lowest BCUT2D eigenvalue weighted by Crippen LogP contribution is -2.50. The normalized spacial score (nSPS) is 18.7. The number of hydrogen-bond acceptors (Lipinski definition) is 5. The molecule has 1 unspecified atom stereocenters. The van der Waals surface area contributed by atoms with Crippen LogP contribution >= 0.6 is 0 Å². The van der Waals surface area contributed by atoms with Gasteiger partial charge in [0, 0.05) is 43.2 Å². The molecule has 1 heterocycles. The fraction of sp³-hybridized carbons (Fsp3) is 0.462. The van der Waals surface area contributed by atoms with Crippen LogP contribution in [-0.4, -0.2) is 65.8 Å². The number of carbonyl (C=O) groups excluding carboxylic acids is 2. The molecule has 1 aliphatic heterocycles. The lowest BCUT2D eigenvalue weighted by Gasteiger charge is -2.38. The Morgan fingerprint density at radius 2 is 1.91 bits per heavy atom. The van der Waals surface area contributed by atoms with Crippen molar-refractivity contribution in [3.8, 4) is 0 Å². The van der Waals surface area contributed by atoms with Crippen LogP contribution in [-0.2, 0) is 24.0 Å². The van der Waals surface area contributed by atoms with Crippen LogP contribution in [0.2, 0.25) is 0 Å². The molecule has 4 rings (SSSR count). The summed E-state index contributed by atoms with van der Waals surface area (Å²) >= 11 is 0. The summed E-state index contributed by atoms with van der Waals surface area (Å²) in [5, 5.41) is 14.1. The van der Waals surface area contributed by atoms with E-state index in [-0.39, 0.29) is 18.4 Å². The zero-order valence-corrected chi connectivity index (χ0v) is 19.3. The van der Waals surface area contributed by atoms with Gasteiger partial charge in [-0.1, -0.05) is 24.3 Å². The third-order valence-electron chi connectivity index (χ3n) is 6.48. The van der Waals surface area contributed by atoms with Crippen LogP contribution < -0.4 is 11.1 Å². The largest absolute Gasteiger partial charge is 0.391 e. The number of aliphatic hydroxyl groups is 1. The highest BCUT2D eigenvalue weighted by Gasteiger charge is 2.31. The van der Waals surface area contributed by atoms with Crippen LogP contribution in [0.4, 0.5) is 0 Å². The molecule has 1 aliphatic carbocycles. The minimum absolute atomic E-state index is 0.111. The smallest absolute Gasteiger partial charge is 0.254 e. The van der Waals surface area contributed by atoms with E-state index in [2.05, 4.69) is 17.4 Å². The first-order valence-corrected chi connectivity index (χ1v) is 11.6. The van der Waals surface area contributed by atoms with Crippen LogP contribution in [0.1, 0.15) is 51.3 Å². The number of nitrogens with two attached hydrogens (primary N) is 1. The summed E-state index contributed by atoms with van der Waals surface area (Å²) in [6.07, 6.45) is 1.41. The molecule has 7 heteroatoms. The first-order chi connectivity index (χ1) is 15.7. The van der Waals surface area contributed by atoms with Crippen molar-refractivity contribution in [3.63, 3.8) is 0 Å². The van der Waals surface area contributed by atoms with E-state index in [0.717, 1.165) is 12.8 Å². The van der Waals surface area contributed by atoms with E-state index in [0.29, 0.717) is 42.9 Å². The van der Waals surface area contributed by atoms with Crippen molar-refractivity contribution in [1.29, 1.82) is 0 Å². The molecule has 2 aromatic carbocycles. The molecule has 4 N–H and O–H groups in total. The summed E-state index contributed by atoms with van der Waals surface area (Å²) in [4.78, 5) is 26.8. The molecule has 0 saturated carbocycles. The van der Waals surface area contributed by atoms with E-state index in [1.807, 2.05) is 26.0 Å². The Balaban J connectivity index is 1.41. The van der Waals surface area contributed by atoms with Gasteiger partial charge in [-0.15, -0.1) is 0 Å². The fourth-order valence-electron chi connectivity index (χ4n) is 4.84. The molecule has 0 radical (unpaired) electrons. The zero-order valence-electron chi connectivity index (χ0n) is 19.3. The molecule has 2 aromatic rings. The van der Waals surface area contributed by atoms with Crippen LogP contribution in [0, 0.1) is 0 Å². The molecule has 1 atom stereocenters. The minimum atomic E-state index is -0.709. The highest BCUT2D eigenvalue weighted by molar-refractivity contribution is 5.98. The molecule has 176 valence electrons. The summed E-state index contributed by atoms with van der Waals surface area (Å²) in [6, 6.07) is 13.6. The van der Waals surface area contributed by atoms with Crippen molar-refractivity contribution >= 4 is 11.8 Å². The van der Waals surface area contributed by atoms with Crippen molar-refractivity contribution in [2.45, 2.75) is 50.9 Å². The summed E-state index contributed by atoms with van der Waals surface area (Å²) < 4.78 is 5.70. The van der Waals surface area contributed by atoms with E-state index in [4.69, 9.17) is 10.5 Å². The molecule has 1 fully saturated rings. The Morgan fingerprint density at radius 1 is 1.21 bits per heavy atom. The van der Waals surface area contributed by atoms with Crippen LogP contribution in [0.25, 0.3) is 0 Å². The van der Waals surface area contributed by atoms with Gasteiger partial charge in [-0.2, -0.15) is 0 Å². The van der Waals surface area contributed by atoms with Gasteiger partial charge in [0.25, 0.3) is 5.91 Å². The molecule has 7 nitrogen and oxygen atoms in total. The number of aliphatic hydroxyl groups excluding tert-OH is 1. The molecule has 0 aromatic heterocycles. The Kier molecular flexibility index (Phi) is 6.83. The number of ether oxygens (including phenoxy) is 1. The van der Waals surface area contributed by atoms with Gasteiger partial charge >= 0.3 is 0 Å². The van der Waals surface area contributed by atoms with Gasteiger partial charge in [0.1, 0.15) is 0 Å². The number of nitrogens with zero attached hydrogens (tertiary/aromatic N) is 1. The molecule has 2 amide bonds. The van der Waals surface area contributed by atoms with Crippen molar-refractivity contribution in [3.05, 3.63) is 70.3 Å². The van der Waals surface area contributed by atoms with Gasteiger partial charge < -0.3 is 25.8 Å². The number of fused-ring (bicyclic) bond motifs is 1. The van der Waals surface area contributed by atoms with Crippen LogP contribution in [0.3, 0.4) is 0 Å². The third kappa shape index (κ3) is 5.61. The number of hydrogen-bond donors (Lipinski definition) is 3. The van der Waals surface area contributed by atoms with Gasteiger partial charge in [-0.05, 0) is 61.6 Å². The van der Waals surface area contributed by atoms with E-state index in [1.54, 1.807) is 23.1 Å². The number of morpholine rings is 1. The monoisotopic (exact) mass is 451 g/mol. The van der Waals surface area contributed by atoms with E-state index < -0.39 is 17.6 Å². The molecule has 0 bridgehead atoms. The number of carbonyl (C=O) groups is 2. The number of primary amides is 1. The molecule has 2 aliphatic rings. The molecule has 0 spiro atoms. The second-order valence-electron chi connectivity index (χ2n) is 9.71. The first-order valence-electron chi connectivity index (χ1n) is 11.6. The summed E-state index contributed by atoms with van der Waals surface area (Å²) in [5.74, 6) is -0.678. The average Bonchev–Trinajstić information content (AvgIpc) is 3.19. The lowest BCUT2D eigenvalue weighted by atomic mass is 9.97. The minimum Gasteiger partial charge on any atom is -0.391 e. The highest BCUT2D eigenvalue weighted by atomic mass is 16.5. The van der Waals surface area contributed by atoms with Crippen molar-refractivity contribution in [2.24, 2.45) is 5.73 Å². The summed E-state index contributed by atoms with van der Waals surface area (Å²) in [5.41, 5.74) is 9.27. The Labute approximate surface area is 194 Å². The maximum absolute atomic E-state index is 13.1. The maximum atomic E-state index is 13.1. The summed E-state index contributed by atoms with van der Waals surface area (Å²) in [6.45, 7) is 5.81. The molecule has 33 heavy (non-hydrogen) atoms. The van der Waals surface area contributed by atoms with Crippen molar-refractivity contribution in [2.75, 3.05) is 26.2 Å². The quantitative estimate of drug-likeness (QED) is 0.594. The maximum Gasteiger partial charge on any atom is 0.254 e. The van der Waals surface area contributed by atoms with E-state index in [1.165, 1.54) is 11.1 Å². The van der Waals surface area contributed by atoms with Crippen molar-refractivity contribution in [1.82, 2.24) is 10.2 Å². The Morgan fingerprint density at radius 3 is 2.55 bits per heavy atom. The SMILES string of the molecule is CC1(C)CN(C(=O)c2ccc(C(N)=O)c(CC(O)CNC3Cc4ccccc4C3)c2)CCO1. The molecule has 1 saturated heterocycles. The first kappa shape index (κ1) is 23.4. The standard InChI is InChI=1S/C26H33N3O4/c1-26(2)16-29(9-10-33-26)25(32)19-7-8-23(24(27)31)20(11-19)14-22(30)15-28-21-12-17-5-3-4-6-18(17)13-21/h3-8,11,21-22,28,30H,9-10,12-16H2,1-2H3,(H2,27,31). The second-order valence-corrected chi connectivity index (χ2v) is 9.71. The van der Waals surface area contributed by atoms with Gasteiger partial charge in [0.05, 0.1) is 18.3 Å². The lowest BCUT2D eigenvalue weighted by molar-refractivity contribution is -0.0764. The second kappa shape index (κ2) is 9.63. The van der Waals surface area contributed by atoms with E-state index in [9.17, 15) is 14.7 Å². The molecular formula is C26H33N3O4. The molecular weight excluding hydrogens is 418 g/mol. The Bertz CT molecular complexity index is 1010. The fourth-order valence-corrected chi connectivity index (χ4v) is 4.84. The number of amides is 2. The highest BCUT2D eigenvalue weighted by Crippen LogP contribution is 2.23. The van der Waals surface area contributed by atoms with Gasteiger partial charge in [0.15, 0.2) is 0 Å². The van der Waals surface area contributed by atoms with Gasteiger partial charge in [0.2, 0.25) is 5.91 Å². The Hall–Kier alpha value is -2.74. The predicted octanol–water partition coefficient (Wildman–Crippen LogP) is 1.70. The summed E-state index contributed by atoms with van der Waals surface area (Å²) in [7, 11) is 0. The number of benzene rings is 2. The topological polar surface area (TPSA) is 105 Å². The van der Waals surface area contributed by atoms with Gasteiger partial charge in [-0.25, -0.2) is 0 Å². The average molecular weight is 452 g/mol. The third-order valence-corrected chi connectivity index (χ3v) is 6.48. The number of rotatable bonds is 7. The number of nitrogens with one attached hydrogen (secondary N) is 1. The van der Waals surface area contributed by atoms with Gasteiger partial charge in [-0.3, -0.25) is 9.59 Å². The van der Waals surface area contributed by atoms with Crippen LogP contribution in [0.15, 0.2) is 42.5 Å². The van der Waals surface area contributed by atoms with E-state index >= 15 is 0 Å². The van der Waals surface area contributed by atoms with Crippen molar-refractivity contribution < 1.29 is 19.4 Å². The van der Waals surface area contributed by atoms with Crippen LogP contribution in [0.5, 0.6) is 0 Å².